The average Bonchev–Trinajstić information content (AvgIpc) is 2.98. The molecule has 1 atom stereocenters. The van der Waals surface area contributed by atoms with Gasteiger partial charge in [0.15, 0.2) is 5.56 Å². The minimum atomic E-state index is -0.661. The average molecular weight is 317 g/mol. The molecule has 0 aliphatic heterocycles. The number of likely N-dealkylation sites (N-methyl/N-ethyl adjacent to an activating group) is 1. The summed E-state index contributed by atoms with van der Waals surface area (Å²) in [6.07, 6.45) is 1.16. The largest absolute Gasteiger partial charge is 0.358 e. The molecule has 8 heteroatoms. The number of aromatic nitrogens is 2. The highest BCUT2D eigenvalue weighted by atomic mass is 16.6. The summed E-state index contributed by atoms with van der Waals surface area (Å²) in [5.74, 6) is -0.927. The van der Waals surface area contributed by atoms with Crippen LogP contribution < -0.4 is 5.32 Å². The summed E-state index contributed by atoms with van der Waals surface area (Å²) >= 11 is 0. The number of H-pyrrole nitrogens is 1. The van der Waals surface area contributed by atoms with Crippen molar-refractivity contribution in [2.45, 2.75) is 13.0 Å². The molecule has 0 saturated carbocycles. The molecule has 0 aliphatic carbocycles. The Bertz CT molecular complexity index is 693. The van der Waals surface area contributed by atoms with Crippen LogP contribution in [0.15, 0.2) is 30.5 Å². The van der Waals surface area contributed by atoms with Gasteiger partial charge in [-0.25, -0.2) is 0 Å². The topological polar surface area (TPSA) is 104 Å². The normalized spacial score (nSPS) is 12.2. The van der Waals surface area contributed by atoms with Crippen LogP contribution >= 0.6 is 0 Å². The highest BCUT2D eigenvalue weighted by Gasteiger charge is 2.23. The molecule has 2 rings (SSSR count). The van der Waals surface area contributed by atoms with E-state index in [0.29, 0.717) is 6.54 Å². The Labute approximate surface area is 133 Å². The zero-order valence-electron chi connectivity index (χ0n) is 13.2. The van der Waals surface area contributed by atoms with Crippen LogP contribution in [0.2, 0.25) is 0 Å². The van der Waals surface area contributed by atoms with E-state index < -0.39 is 16.6 Å². The number of nitrogens with one attached hydrogen (secondary N) is 2. The Morgan fingerprint density at radius 2 is 2.04 bits per heavy atom. The fourth-order valence-corrected chi connectivity index (χ4v) is 2.26. The fraction of sp³-hybridized carbons (Fsp3) is 0.333. The SMILES string of the molecule is Cc1ccc(C(CNC(=O)c2cn[nH]c2[N+](=O)[O-])N(C)C)cc1. The smallest absolute Gasteiger partial charge is 0.355 e. The number of amides is 1. The Balaban J connectivity index is 2.10. The molecule has 122 valence electrons. The van der Waals surface area contributed by atoms with Crippen LogP contribution in [-0.2, 0) is 0 Å². The van der Waals surface area contributed by atoms with Gasteiger partial charge in [-0.1, -0.05) is 34.9 Å². The Hall–Kier alpha value is -2.74. The maximum Gasteiger partial charge on any atom is 0.355 e. The predicted octanol–water partition coefficient (Wildman–Crippen LogP) is 1.66. The maximum atomic E-state index is 12.1. The standard InChI is InChI=1S/C15H19N5O3/c1-10-4-6-11(7-5-10)13(19(2)3)9-16-15(21)12-8-17-18-14(12)20(22)23/h4-8,13H,9H2,1-3H3,(H,16,21)(H,17,18). The van der Waals surface area contributed by atoms with Crippen LogP contribution in [0.5, 0.6) is 0 Å². The number of benzene rings is 1. The van der Waals surface area contributed by atoms with Gasteiger partial charge in [-0.05, 0) is 31.5 Å². The molecule has 23 heavy (non-hydrogen) atoms. The molecule has 0 fully saturated rings. The first-order valence-corrected chi connectivity index (χ1v) is 7.09. The fourth-order valence-electron chi connectivity index (χ4n) is 2.26. The van der Waals surface area contributed by atoms with Crippen molar-refractivity contribution in [1.29, 1.82) is 0 Å². The van der Waals surface area contributed by atoms with Gasteiger partial charge in [-0.2, -0.15) is 0 Å². The second kappa shape index (κ2) is 7.01. The van der Waals surface area contributed by atoms with E-state index in [9.17, 15) is 14.9 Å². The van der Waals surface area contributed by atoms with E-state index in [-0.39, 0.29) is 11.6 Å². The lowest BCUT2D eigenvalue weighted by Crippen LogP contribution is -2.34. The summed E-state index contributed by atoms with van der Waals surface area (Å²) in [5.41, 5.74) is 2.14. The second-order valence-electron chi connectivity index (χ2n) is 5.49. The number of hydrogen-bond acceptors (Lipinski definition) is 5. The molecule has 8 nitrogen and oxygen atoms in total. The van der Waals surface area contributed by atoms with Crippen molar-refractivity contribution >= 4 is 11.7 Å². The highest BCUT2D eigenvalue weighted by molar-refractivity contribution is 5.97. The van der Waals surface area contributed by atoms with Gasteiger partial charge < -0.3 is 20.3 Å². The molecule has 0 radical (unpaired) electrons. The van der Waals surface area contributed by atoms with Crippen molar-refractivity contribution in [3.63, 3.8) is 0 Å². The lowest BCUT2D eigenvalue weighted by molar-refractivity contribution is -0.389. The number of carbonyl (C=O) groups is 1. The van der Waals surface area contributed by atoms with Crippen LogP contribution in [0.3, 0.4) is 0 Å². The maximum absolute atomic E-state index is 12.1. The summed E-state index contributed by atoms with van der Waals surface area (Å²) in [6.45, 7) is 2.34. The number of nitro groups is 1. The van der Waals surface area contributed by atoms with Crippen LogP contribution in [0.25, 0.3) is 0 Å². The Morgan fingerprint density at radius 1 is 1.39 bits per heavy atom. The van der Waals surface area contributed by atoms with E-state index in [0.717, 1.165) is 17.3 Å². The molecular weight excluding hydrogens is 298 g/mol. The lowest BCUT2D eigenvalue weighted by Gasteiger charge is -2.25. The van der Waals surface area contributed by atoms with E-state index in [4.69, 9.17) is 0 Å². The first-order valence-electron chi connectivity index (χ1n) is 7.09. The van der Waals surface area contributed by atoms with Gasteiger partial charge in [-0.15, -0.1) is 5.10 Å². The molecule has 2 N–H and O–H groups in total. The van der Waals surface area contributed by atoms with Gasteiger partial charge in [0.05, 0.1) is 12.2 Å². The lowest BCUT2D eigenvalue weighted by atomic mass is 10.0. The summed E-state index contributed by atoms with van der Waals surface area (Å²) in [5, 5.41) is 19.3. The number of carbonyl (C=O) groups excluding carboxylic acids is 1. The van der Waals surface area contributed by atoms with E-state index in [2.05, 4.69) is 15.5 Å². The summed E-state index contributed by atoms with van der Waals surface area (Å²) in [4.78, 5) is 24.3. The summed E-state index contributed by atoms with van der Waals surface area (Å²) < 4.78 is 0. The molecule has 0 saturated heterocycles. The zero-order valence-corrected chi connectivity index (χ0v) is 13.2. The number of aryl methyl sites for hydroxylation is 1. The van der Waals surface area contributed by atoms with Crippen LogP contribution in [0.4, 0.5) is 5.82 Å². The molecule has 0 aliphatic rings. The van der Waals surface area contributed by atoms with Crippen molar-refractivity contribution < 1.29 is 9.72 Å². The van der Waals surface area contributed by atoms with Crippen molar-refractivity contribution in [3.05, 3.63) is 57.3 Å². The molecule has 1 unspecified atom stereocenters. The molecule has 1 aromatic carbocycles. The van der Waals surface area contributed by atoms with E-state index >= 15 is 0 Å². The minimum absolute atomic E-state index is 0.0366. The number of nitrogens with zero attached hydrogens (tertiary/aromatic N) is 3. The van der Waals surface area contributed by atoms with Crippen LogP contribution in [0.1, 0.15) is 27.5 Å². The third kappa shape index (κ3) is 3.92. The van der Waals surface area contributed by atoms with Gasteiger partial charge >= 0.3 is 5.82 Å². The van der Waals surface area contributed by atoms with Gasteiger partial charge in [0.2, 0.25) is 0 Å². The first-order chi connectivity index (χ1) is 10.9. The summed E-state index contributed by atoms with van der Waals surface area (Å²) in [7, 11) is 3.83. The number of rotatable bonds is 6. The Morgan fingerprint density at radius 3 is 2.61 bits per heavy atom. The van der Waals surface area contributed by atoms with Gasteiger partial charge in [-0.3, -0.25) is 4.79 Å². The minimum Gasteiger partial charge on any atom is -0.358 e. The van der Waals surface area contributed by atoms with E-state index in [1.165, 1.54) is 0 Å². The molecule has 1 heterocycles. The first kappa shape index (κ1) is 16.6. The molecule has 1 aromatic heterocycles. The Kier molecular flexibility index (Phi) is 5.07. The zero-order chi connectivity index (χ0) is 17.0. The van der Waals surface area contributed by atoms with Crippen molar-refractivity contribution in [2.24, 2.45) is 0 Å². The molecule has 0 spiro atoms. The molecular formula is C15H19N5O3. The van der Waals surface area contributed by atoms with Crippen molar-refractivity contribution in [2.75, 3.05) is 20.6 Å². The second-order valence-corrected chi connectivity index (χ2v) is 5.49. The van der Waals surface area contributed by atoms with E-state index in [1.54, 1.807) is 0 Å². The van der Waals surface area contributed by atoms with Crippen molar-refractivity contribution in [3.8, 4) is 0 Å². The van der Waals surface area contributed by atoms with Crippen molar-refractivity contribution in [1.82, 2.24) is 20.4 Å². The highest BCUT2D eigenvalue weighted by Crippen LogP contribution is 2.19. The van der Waals surface area contributed by atoms with Crippen LogP contribution in [0, 0.1) is 17.0 Å². The molecule has 0 bridgehead atoms. The van der Waals surface area contributed by atoms with E-state index in [1.807, 2.05) is 50.2 Å². The summed E-state index contributed by atoms with van der Waals surface area (Å²) in [6, 6.07) is 7.99. The molecule has 2 aromatic rings. The number of aromatic amines is 1. The third-order valence-corrected chi connectivity index (χ3v) is 3.59. The monoisotopic (exact) mass is 317 g/mol. The predicted molar refractivity (Wildman–Crippen MR) is 85.2 cm³/mol. The third-order valence-electron chi connectivity index (χ3n) is 3.59. The van der Waals surface area contributed by atoms with Crippen LogP contribution in [-0.4, -0.2) is 46.6 Å². The van der Waals surface area contributed by atoms with Gasteiger partial charge in [0, 0.05) is 6.54 Å². The van der Waals surface area contributed by atoms with Gasteiger partial charge in [0.25, 0.3) is 5.91 Å². The number of hydrogen-bond donors (Lipinski definition) is 2. The molecule has 1 amide bonds. The van der Waals surface area contributed by atoms with Gasteiger partial charge in [0.1, 0.15) is 0 Å². The quantitative estimate of drug-likeness (QED) is 0.623.